The van der Waals surface area contributed by atoms with Gasteiger partial charge in [0.1, 0.15) is 0 Å². The van der Waals surface area contributed by atoms with Crippen LogP contribution in [0.2, 0.25) is 0 Å². The normalized spacial score (nSPS) is 16.5. The van der Waals surface area contributed by atoms with Crippen LogP contribution in [0.3, 0.4) is 0 Å². The predicted octanol–water partition coefficient (Wildman–Crippen LogP) is 3.52. The van der Waals surface area contributed by atoms with Gasteiger partial charge in [0.2, 0.25) is 0 Å². The van der Waals surface area contributed by atoms with Gasteiger partial charge >= 0.3 is 0 Å². The Hall–Kier alpha value is 0.380. The molecule has 0 aromatic carbocycles. The van der Waals surface area contributed by atoms with Gasteiger partial charge in [0.05, 0.1) is 13.1 Å². The quantitative estimate of drug-likeness (QED) is 0.797. The molecule has 1 fully saturated rings. The van der Waals surface area contributed by atoms with Gasteiger partial charge in [-0.15, -0.1) is 23.7 Å². The van der Waals surface area contributed by atoms with E-state index in [1.54, 1.807) is 11.3 Å². The lowest BCUT2D eigenvalue weighted by Gasteiger charge is -2.31. The molecule has 1 amide bonds. The number of likely N-dealkylation sites (tertiary alicyclic amines) is 1. The van der Waals surface area contributed by atoms with Crippen molar-refractivity contribution in [3.63, 3.8) is 0 Å². The molecule has 18 heavy (non-hydrogen) atoms. The van der Waals surface area contributed by atoms with Gasteiger partial charge < -0.3 is 10.2 Å². The van der Waals surface area contributed by atoms with Gasteiger partial charge in [-0.2, -0.15) is 0 Å². The minimum atomic E-state index is 0. The molecule has 1 aromatic rings. The van der Waals surface area contributed by atoms with E-state index in [0.29, 0.717) is 6.04 Å². The average Bonchev–Trinajstić information content (AvgIpc) is 2.68. The molecule has 0 saturated carbocycles. The molecule has 1 saturated heterocycles. The maximum Gasteiger partial charge on any atom is 0.255 e. The summed E-state index contributed by atoms with van der Waals surface area (Å²) in [5, 5.41) is 3.27. The van der Waals surface area contributed by atoms with Gasteiger partial charge in [-0.25, -0.2) is 0 Å². The first-order valence-electron chi connectivity index (χ1n) is 5.53. The third kappa shape index (κ3) is 3.70. The molecule has 1 aromatic heterocycles. The highest BCUT2D eigenvalue weighted by Crippen LogP contribution is 2.33. The van der Waals surface area contributed by atoms with Crippen LogP contribution in [0.4, 0.5) is 0 Å². The fraction of sp³-hybridized carbons (Fsp3) is 0.545. The number of nitrogens with zero attached hydrogens (tertiary/aromatic N) is 1. The molecule has 1 aliphatic rings. The lowest BCUT2D eigenvalue weighted by Crippen LogP contribution is -2.43. The fourth-order valence-electron chi connectivity index (χ4n) is 2.03. The Kier molecular flexibility index (Phi) is 6.61. The second kappa shape index (κ2) is 7.24. The first kappa shape index (κ1) is 16.4. The molecule has 2 rings (SSSR count). The third-order valence-corrected chi connectivity index (χ3v) is 5.42. The van der Waals surface area contributed by atoms with E-state index in [-0.39, 0.29) is 18.3 Å². The maximum atomic E-state index is 12.3. The van der Waals surface area contributed by atoms with Crippen LogP contribution < -0.4 is 5.32 Å². The van der Waals surface area contributed by atoms with Crippen LogP contribution in [-0.2, 0) is 0 Å². The van der Waals surface area contributed by atoms with Gasteiger partial charge in [-0.1, -0.05) is 0 Å². The molecular formula is C11H15Br2ClN2OS. The lowest BCUT2D eigenvalue weighted by molar-refractivity contribution is 0.0707. The van der Waals surface area contributed by atoms with E-state index in [4.69, 9.17) is 0 Å². The van der Waals surface area contributed by atoms with E-state index in [9.17, 15) is 4.79 Å². The van der Waals surface area contributed by atoms with Crippen molar-refractivity contribution in [2.75, 3.05) is 20.1 Å². The first-order valence-corrected chi connectivity index (χ1v) is 7.93. The van der Waals surface area contributed by atoms with Gasteiger partial charge in [-0.3, -0.25) is 4.79 Å². The summed E-state index contributed by atoms with van der Waals surface area (Å²) in [6.07, 6.45) is 2.07. The predicted molar refractivity (Wildman–Crippen MR) is 85.0 cm³/mol. The van der Waals surface area contributed by atoms with Crippen molar-refractivity contribution in [3.05, 3.63) is 19.2 Å². The van der Waals surface area contributed by atoms with Crippen molar-refractivity contribution in [1.82, 2.24) is 10.2 Å². The molecule has 102 valence electrons. The first-order chi connectivity index (χ1) is 8.11. The Morgan fingerprint density at radius 3 is 2.50 bits per heavy atom. The number of carbonyl (C=O) groups excluding carboxylic acids is 1. The van der Waals surface area contributed by atoms with Crippen LogP contribution in [0.25, 0.3) is 0 Å². The zero-order valence-electron chi connectivity index (χ0n) is 9.91. The van der Waals surface area contributed by atoms with Crippen molar-refractivity contribution in [1.29, 1.82) is 0 Å². The Balaban J connectivity index is 0.00000162. The molecular weight excluding hydrogens is 403 g/mol. The number of nitrogens with one attached hydrogen (secondary N) is 1. The second-order valence-electron chi connectivity index (χ2n) is 4.09. The highest BCUT2D eigenvalue weighted by atomic mass is 79.9. The number of piperidine rings is 1. The van der Waals surface area contributed by atoms with Crippen LogP contribution >= 0.6 is 55.6 Å². The van der Waals surface area contributed by atoms with E-state index in [0.717, 1.165) is 39.1 Å². The fourth-order valence-corrected chi connectivity index (χ4v) is 4.81. The molecule has 0 atom stereocenters. The second-order valence-corrected chi connectivity index (χ2v) is 7.84. The minimum Gasteiger partial charge on any atom is -0.338 e. The van der Waals surface area contributed by atoms with Crippen LogP contribution in [0, 0.1) is 0 Å². The van der Waals surface area contributed by atoms with Gasteiger partial charge in [0, 0.05) is 19.1 Å². The smallest absolute Gasteiger partial charge is 0.255 e. The van der Waals surface area contributed by atoms with E-state index in [1.807, 2.05) is 18.0 Å². The summed E-state index contributed by atoms with van der Waals surface area (Å²) in [6.45, 7) is 1.68. The summed E-state index contributed by atoms with van der Waals surface area (Å²) in [4.78, 5) is 14.2. The standard InChI is InChI=1S/C11H14Br2N2OS.ClH/c1-14-7-2-4-15(5-3-7)11(16)8-6-9(12)17-10(8)13;/h6-7,14H,2-5H2,1H3;1H. The number of halogens is 3. The summed E-state index contributed by atoms with van der Waals surface area (Å²) >= 11 is 8.38. The zero-order valence-corrected chi connectivity index (χ0v) is 14.7. The van der Waals surface area contributed by atoms with Gasteiger partial charge in [0.25, 0.3) is 5.91 Å². The summed E-state index contributed by atoms with van der Waals surface area (Å²) in [7, 11) is 1.98. The summed E-state index contributed by atoms with van der Waals surface area (Å²) in [5.74, 6) is 0.133. The van der Waals surface area contributed by atoms with Crippen LogP contribution in [0.5, 0.6) is 0 Å². The summed E-state index contributed by atoms with van der Waals surface area (Å²) < 4.78 is 1.89. The van der Waals surface area contributed by atoms with Crippen LogP contribution in [0.1, 0.15) is 23.2 Å². The monoisotopic (exact) mass is 416 g/mol. The molecule has 3 nitrogen and oxygen atoms in total. The molecule has 0 unspecified atom stereocenters. The lowest BCUT2D eigenvalue weighted by atomic mass is 10.0. The average molecular weight is 419 g/mol. The molecule has 0 spiro atoms. The number of amides is 1. The maximum absolute atomic E-state index is 12.3. The highest BCUT2D eigenvalue weighted by molar-refractivity contribution is 9.12. The topological polar surface area (TPSA) is 32.3 Å². The molecule has 1 N–H and O–H groups in total. The van der Waals surface area contributed by atoms with Crippen LogP contribution in [0.15, 0.2) is 13.6 Å². The number of hydrogen-bond acceptors (Lipinski definition) is 3. The number of carbonyl (C=O) groups is 1. The van der Waals surface area contributed by atoms with Crippen molar-refractivity contribution >= 4 is 61.5 Å². The molecule has 1 aliphatic heterocycles. The Labute approximate surface area is 134 Å². The number of hydrogen-bond donors (Lipinski definition) is 1. The zero-order chi connectivity index (χ0) is 12.4. The molecule has 0 aliphatic carbocycles. The Morgan fingerprint density at radius 1 is 1.44 bits per heavy atom. The minimum absolute atomic E-state index is 0. The van der Waals surface area contributed by atoms with E-state index in [1.165, 1.54) is 0 Å². The number of thiophene rings is 1. The van der Waals surface area contributed by atoms with Crippen molar-refractivity contribution in [3.8, 4) is 0 Å². The SMILES string of the molecule is CNC1CCN(C(=O)c2cc(Br)sc2Br)CC1.Cl. The largest absolute Gasteiger partial charge is 0.338 e. The van der Waals surface area contributed by atoms with Crippen LogP contribution in [-0.4, -0.2) is 37.0 Å². The Bertz CT molecular complexity index is 419. The number of rotatable bonds is 2. The van der Waals surface area contributed by atoms with Crippen molar-refractivity contribution in [2.24, 2.45) is 0 Å². The molecule has 2 heterocycles. The summed E-state index contributed by atoms with van der Waals surface area (Å²) in [6, 6.07) is 2.44. The molecule has 7 heteroatoms. The highest BCUT2D eigenvalue weighted by Gasteiger charge is 2.24. The summed E-state index contributed by atoms with van der Waals surface area (Å²) in [5.41, 5.74) is 0.768. The third-order valence-electron chi connectivity index (χ3n) is 3.08. The van der Waals surface area contributed by atoms with E-state index in [2.05, 4.69) is 37.2 Å². The van der Waals surface area contributed by atoms with Crippen molar-refractivity contribution in [2.45, 2.75) is 18.9 Å². The molecule has 0 radical (unpaired) electrons. The van der Waals surface area contributed by atoms with E-state index < -0.39 is 0 Å². The molecule has 0 bridgehead atoms. The van der Waals surface area contributed by atoms with E-state index >= 15 is 0 Å². The van der Waals surface area contributed by atoms with Gasteiger partial charge in [0.15, 0.2) is 0 Å². The van der Waals surface area contributed by atoms with Crippen molar-refractivity contribution < 1.29 is 4.79 Å². The Morgan fingerprint density at radius 2 is 2.06 bits per heavy atom. The van der Waals surface area contributed by atoms with Gasteiger partial charge in [-0.05, 0) is 57.8 Å².